The van der Waals surface area contributed by atoms with E-state index >= 15 is 0 Å². The standard InChI is InChI=1S/C11H15NO3.C2H4O2/c1-7(11(14)15)5-6-8-3-2-4-9(12)10(8)13;1-2(3)4/h2-4,7,13H,5-6,12H2,1H3,(H,14,15);1H3,(H,3,4). The van der Waals surface area contributed by atoms with Gasteiger partial charge in [-0.3, -0.25) is 9.59 Å². The van der Waals surface area contributed by atoms with Gasteiger partial charge in [-0.2, -0.15) is 0 Å². The number of nitrogens with two attached hydrogens (primary N) is 1. The van der Waals surface area contributed by atoms with Gasteiger partial charge in [0.25, 0.3) is 5.97 Å². The molecule has 6 nitrogen and oxygen atoms in total. The summed E-state index contributed by atoms with van der Waals surface area (Å²) in [5.41, 5.74) is 6.55. The average molecular weight is 269 g/mol. The third-order valence-electron chi connectivity index (χ3n) is 2.42. The number of anilines is 1. The van der Waals surface area contributed by atoms with Crippen molar-refractivity contribution < 1.29 is 24.9 Å². The Morgan fingerprint density at radius 3 is 2.32 bits per heavy atom. The highest BCUT2D eigenvalue weighted by atomic mass is 16.4. The second-order valence-electron chi connectivity index (χ2n) is 4.15. The summed E-state index contributed by atoms with van der Waals surface area (Å²) in [5, 5.41) is 25.7. The molecule has 1 rings (SSSR count). The van der Waals surface area contributed by atoms with Crippen LogP contribution in [0, 0.1) is 5.92 Å². The number of hydrogen-bond donors (Lipinski definition) is 4. The fourth-order valence-corrected chi connectivity index (χ4v) is 1.31. The summed E-state index contributed by atoms with van der Waals surface area (Å²) in [6.45, 7) is 2.73. The minimum absolute atomic E-state index is 0.0649. The zero-order chi connectivity index (χ0) is 15.0. The van der Waals surface area contributed by atoms with Crippen molar-refractivity contribution in [3.63, 3.8) is 0 Å². The monoisotopic (exact) mass is 269 g/mol. The molecule has 0 spiro atoms. The number of aliphatic carboxylic acids is 2. The quantitative estimate of drug-likeness (QED) is 0.488. The summed E-state index contributed by atoms with van der Waals surface area (Å²) in [5.74, 6) is -2.00. The molecule has 19 heavy (non-hydrogen) atoms. The molecule has 5 N–H and O–H groups in total. The number of nitrogen functional groups attached to an aromatic ring is 1. The fourth-order valence-electron chi connectivity index (χ4n) is 1.31. The number of phenolic OH excluding ortho intramolecular Hbond substituents is 1. The van der Waals surface area contributed by atoms with Crippen LogP contribution in [0.15, 0.2) is 18.2 Å². The minimum atomic E-state index is -0.833. The zero-order valence-corrected chi connectivity index (χ0v) is 11.0. The van der Waals surface area contributed by atoms with Crippen LogP contribution in [0.2, 0.25) is 0 Å². The SMILES string of the molecule is CC(=O)O.CC(CCc1cccc(N)c1O)C(=O)O. The normalized spacial score (nSPS) is 11.1. The maximum Gasteiger partial charge on any atom is 0.306 e. The van der Waals surface area contributed by atoms with E-state index in [1.165, 1.54) is 0 Å². The first kappa shape index (κ1) is 16.8. The Hall–Kier alpha value is -2.24. The van der Waals surface area contributed by atoms with Gasteiger partial charge in [0.05, 0.1) is 11.6 Å². The molecule has 0 aliphatic rings. The summed E-state index contributed by atoms with van der Waals surface area (Å²) in [6, 6.07) is 5.11. The van der Waals surface area contributed by atoms with Crippen LogP contribution in [-0.4, -0.2) is 27.3 Å². The maximum absolute atomic E-state index is 10.6. The number of benzene rings is 1. The van der Waals surface area contributed by atoms with E-state index in [2.05, 4.69) is 0 Å². The Labute approximate surface area is 111 Å². The summed E-state index contributed by atoms with van der Waals surface area (Å²) < 4.78 is 0. The number of carboxylic acids is 2. The van der Waals surface area contributed by atoms with Crippen LogP contribution in [0.4, 0.5) is 5.69 Å². The predicted octanol–water partition coefficient (Wildman–Crippen LogP) is 1.72. The van der Waals surface area contributed by atoms with Gasteiger partial charge in [-0.05, 0) is 24.5 Å². The third-order valence-corrected chi connectivity index (χ3v) is 2.42. The van der Waals surface area contributed by atoms with Crippen molar-refractivity contribution in [1.29, 1.82) is 0 Å². The Morgan fingerprint density at radius 1 is 1.32 bits per heavy atom. The van der Waals surface area contributed by atoms with E-state index in [0.29, 0.717) is 24.1 Å². The molecular weight excluding hydrogens is 250 g/mol. The zero-order valence-electron chi connectivity index (χ0n) is 11.0. The Bertz CT molecular complexity index is 441. The van der Waals surface area contributed by atoms with Crippen LogP contribution in [0.3, 0.4) is 0 Å². The van der Waals surface area contributed by atoms with Gasteiger partial charge in [0, 0.05) is 6.92 Å². The minimum Gasteiger partial charge on any atom is -0.506 e. The number of hydrogen-bond acceptors (Lipinski definition) is 4. The molecule has 0 saturated heterocycles. The summed E-state index contributed by atoms with van der Waals surface area (Å²) in [6.07, 6.45) is 1.01. The van der Waals surface area contributed by atoms with Crippen molar-refractivity contribution in [3.05, 3.63) is 23.8 Å². The topological polar surface area (TPSA) is 121 Å². The largest absolute Gasteiger partial charge is 0.506 e. The Morgan fingerprint density at radius 2 is 1.84 bits per heavy atom. The molecule has 0 radical (unpaired) electrons. The van der Waals surface area contributed by atoms with Gasteiger partial charge in [0.2, 0.25) is 0 Å². The number of para-hydroxylation sites is 1. The molecule has 1 atom stereocenters. The van der Waals surface area contributed by atoms with Crippen molar-refractivity contribution in [3.8, 4) is 5.75 Å². The van der Waals surface area contributed by atoms with E-state index in [1.807, 2.05) is 0 Å². The molecule has 1 aromatic carbocycles. The Kier molecular flexibility index (Phi) is 7.03. The first-order valence-corrected chi connectivity index (χ1v) is 5.74. The van der Waals surface area contributed by atoms with E-state index in [9.17, 15) is 9.90 Å². The lowest BCUT2D eigenvalue weighted by atomic mass is 10.0. The molecule has 1 unspecified atom stereocenters. The second kappa shape index (κ2) is 7.97. The first-order chi connectivity index (χ1) is 8.75. The molecular formula is C13H19NO5. The van der Waals surface area contributed by atoms with Crippen LogP contribution in [0.5, 0.6) is 5.75 Å². The van der Waals surface area contributed by atoms with Gasteiger partial charge in [-0.25, -0.2) is 0 Å². The molecule has 0 saturated carbocycles. The van der Waals surface area contributed by atoms with Gasteiger partial charge < -0.3 is 21.1 Å². The third kappa shape index (κ3) is 6.92. The molecule has 0 heterocycles. The van der Waals surface area contributed by atoms with Gasteiger partial charge in [-0.1, -0.05) is 19.1 Å². The number of carbonyl (C=O) groups is 2. The lowest BCUT2D eigenvalue weighted by Crippen LogP contribution is -2.10. The highest BCUT2D eigenvalue weighted by molar-refractivity contribution is 5.69. The van der Waals surface area contributed by atoms with Crippen LogP contribution in [0.1, 0.15) is 25.8 Å². The van der Waals surface area contributed by atoms with Crippen molar-refractivity contribution >= 4 is 17.6 Å². The summed E-state index contributed by atoms with van der Waals surface area (Å²) in [7, 11) is 0. The molecule has 0 fully saturated rings. The smallest absolute Gasteiger partial charge is 0.306 e. The first-order valence-electron chi connectivity index (χ1n) is 5.74. The molecule has 0 bridgehead atoms. The van der Waals surface area contributed by atoms with E-state index in [4.69, 9.17) is 20.7 Å². The van der Waals surface area contributed by atoms with Gasteiger partial charge in [0.15, 0.2) is 0 Å². The van der Waals surface area contributed by atoms with Crippen LogP contribution in [0.25, 0.3) is 0 Å². The molecule has 0 aliphatic heterocycles. The average Bonchev–Trinajstić information content (AvgIpc) is 2.29. The lowest BCUT2D eigenvalue weighted by Gasteiger charge is -2.08. The highest BCUT2D eigenvalue weighted by Crippen LogP contribution is 2.26. The molecule has 0 amide bonds. The summed E-state index contributed by atoms with van der Waals surface area (Å²) in [4.78, 5) is 19.6. The van der Waals surface area contributed by atoms with Gasteiger partial charge in [-0.15, -0.1) is 0 Å². The van der Waals surface area contributed by atoms with Crippen molar-refractivity contribution in [2.75, 3.05) is 5.73 Å². The molecule has 0 aliphatic carbocycles. The molecule has 106 valence electrons. The number of aromatic hydroxyl groups is 1. The number of phenols is 1. The van der Waals surface area contributed by atoms with Crippen molar-refractivity contribution in [1.82, 2.24) is 0 Å². The lowest BCUT2D eigenvalue weighted by molar-refractivity contribution is -0.141. The van der Waals surface area contributed by atoms with E-state index in [0.717, 1.165) is 6.92 Å². The van der Waals surface area contributed by atoms with E-state index in [-0.39, 0.29) is 5.75 Å². The van der Waals surface area contributed by atoms with Crippen molar-refractivity contribution in [2.24, 2.45) is 5.92 Å². The van der Waals surface area contributed by atoms with Crippen LogP contribution in [-0.2, 0) is 16.0 Å². The number of aryl methyl sites for hydroxylation is 1. The Balaban J connectivity index is 0.000000711. The number of carboxylic acid groups (broad SMARTS) is 2. The second-order valence-corrected chi connectivity index (χ2v) is 4.15. The van der Waals surface area contributed by atoms with Crippen LogP contribution < -0.4 is 5.73 Å². The highest BCUT2D eigenvalue weighted by Gasteiger charge is 2.12. The summed E-state index contributed by atoms with van der Waals surface area (Å²) >= 11 is 0. The fraction of sp³-hybridized carbons (Fsp3) is 0.385. The predicted molar refractivity (Wildman–Crippen MR) is 70.9 cm³/mol. The van der Waals surface area contributed by atoms with Crippen LogP contribution >= 0.6 is 0 Å². The van der Waals surface area contributed by atoms with E-state index in [1.54, 1.807) is 25.1 Å². The molecule has 0 aromatic heterocycles. The van der Waals surface area contributed by atoms with Gasteiger partial charge in [0.1, 0.15) is 5.75 Å². The molecule has 6 heteroatoms. The molecule has 1 aromatic rings. The van der Waals surface area contributed by atoms with Gasteiger partial charge >= 0.3 is 5.97 Å². The number of rotatable bonds is 4. The van der Waals surface area contributed by atoms with Crippen molar-refractivity contribution in [2.45, 2.75) is 26.7 Å². The van der Waals surface area contributed by atoms with E-state index < -0.39 is 17.9 Å². The maximum atomic E-state index is 10.6.